The summed E-state index contributed by atoms with van der Waals surface area (Å²) in [5.41, 5.74) is 2.39. The van der Waals surface area contributed by atoms with E-state index in [0.29, 0.717) is 6.42 Å². The minimum atomic E-state index is -0.152. The number of hydrogen-bond acceptors (Lipinski definition) is 3. The summed E-state index contributed by atoms with van der Waals surface area (Å²) >= 11 is 0. The van der Waals surface area contributed by atoms with Crippen LogP contribution in [0.3, 0.4) is 0 Å². The quantitative estimate of drug-likeness (QED) is 0.460. The highest BCUT2D eigenvalue weighted by molar-refractivity contribution is 5.68. The summed E-state index contributed by atoms with van der Waals surface area (Å²) in [6.07, 6.45) is 9.12. The van der Waals surface area contributed by atoms with Crippen LogP contribution in [0.2, 0.25) is 0 Å². The number of carbonyl (C=O) groups excluding carboxylic acids is 1. The normalized spacial score (nSPS) is 10.1. The van der Waals surface area contributed by atoms with Gasteiger partial charge in [0.05, 0.1) is 0 Å². The maximum atomic E-state index is 10.9. The van der Waals surface area contributed by atoms with Crippen molar-refractivity contribution in [3.8, 4) is 0 Å². The molecule has 0 amide bonds. The van der Waals surface area contributed by atoms with Crippen molar-refractivity contribution in [1.29, 1.82) is 0 Å². The first-order valence-corrected chi connectivity index (χ1v) is 5.67. The van der Waals surface area contributed by atoms with E-state index in [-0.39, 0.29) is 5.97 Å². The van der Waals surface area contributed by atoms with E-state index in [9.17, 15) is 4.79 Å². The van der Waals surface area contributed by atoms with Crippen LogP contribution in [0.15, 0.2) is 0 Å². The standard InChI is InChI=1S/C11H23NO2/c1-3-4-5-6-7-8-9-10-11(13)14-12-2/h12H,3-10H2,1-2H3. The van der Waals surface area contributed by atoms with Crippen LogP contribution in [0, 0.1) is 0 Å². The number of hydrogen-bond donors (Lipinski definition) is 1. The summed E-state index contributed by atoms with van der Waals surface area (Å²) < 4.78 is 0. The van der Waals surface area contributed by atoms with Crippen molar-refractivity contribution in [2.24, 2.45) is 0 Å². The molecule has 0 unspecified atom stereocenters. The molecule has 0 aromatic heterocycles. The summed E-state index contributed by atoms with van der Waals surface area (Å²) in [5.74, 6) is -0.152. The summed E-state index contributed by atoms with van der Waals surface area (Å²) in [7, 11) is 1.60. The number of carbonyl (C=O) groups is 1. The third-order valence-electron chi connectivity index (χ3n) is 2.20. The van der Waals surface area contributed by atoms with Crippen molar-refractivity contribution in [2.45, 2.75) is 58.3 Å². The summed E-state index contributed by atoms with van der Waals surface area (Å²) in [4.78, 5) is 15.5. The molecule has 0 aromatic carbocycles. The van der Waals surface area contributed by atoms with E-state index in [2.05, 4.69) is 17.2 Å². The zero-order valence-corrected chi connectivity index (χ0v) is 9.47. The zero-order chi connectivity index (χ0) is 10.6. The largest absolute Gasteiger partial charge is 0.371 e. The molecule has 0 saturated carbocycles. The molecule has 0 fully saturated rings. The average molecular weight is 201 g/mol. The van der Waals surface area contributed by atoms with Crippen LogP contribution in [-0.2, 0) is 9.63 Å². The lowest BCUT2D eigenvalue weighted by molar-refractivity contribution is -0.150. The molecule has 0 aliphatic carbocycles. The minimum Gasteiger partial charge on any atom is -0.371 e. The number of unbranched alkanes of at least 4 members (excludes halogenated alkanes) is 6. The Morgan fingerprint density at radius 3 is 2.21 bits per heavy atom. The van der Waals surface area contributed by atoms with E-state index in [1.165, 1.54) is 32.1 Å². The van der Waals surface area contributed by atoms with E-state index in [0.717, 1.165) is 12.8 Å². The van der Waals surface area contributed by atoms with E-state index in [4.69, 9.17) is 0 Å². The highest BCUT2D eigenvalue weighted by Crippen LogP contribution is 2.08. The topological polar surface area (TPSA) is 38.3 Å². The Morgan fingerprint density at radius 2 is 1.64 bits per heavy atom. The summed E-state index contributed by atoms with van der Waals surface area (Å²) in [6, 6.07) is 0. The highest BCUT2D eigenvalue weighted by Gasteiger charge is 2.00. The van der Waals surface area contributed by atoms with Crippen LogP contribution >= 0.6 is 0 Å². The lowest BCUT2D eigenvalue weighted by Crippen LogP contribution is -2.14. The fraction of sp³-hybridized carbons (Fsp3) is 0.909. The van der Waals surface area contributed by atoms with Gasteiger partial charge < -0.3 is 4.84 Å². The first kappa shape index (κ1) is 13.4. The third-order valence-corrected chi connectivity index (χ3v) is 2.20. The molecule has 3 heteroatoms. The third kappa shape index (κ3) is 9.52. The van der Waals surface area contributed by atoms with Crippen molar-refractivity contribution in [3.05, 3.63) is 0 Å². The van der Waals surface area contributed by atoms with Gasteiger partial charge in [-0.1, -0.05) is 45.4 Å². The first-order chi connectivity index (χ1) is 6.81. The minimum absolute atomic E-state index is 0.152. The lowest BCUT2D eigenvalue weighted by atomic mass is 10.1. The fourth-order valence-electron chi connectivity index (χ4n) is 1.39. The predicted molar refractivity (Wildman–Crippen MR) is 57.8 cm³/mol. The van der Waals surface area contributed by atoms with Gasteiger partial charge in [0.1, 0.15) is 0 Å². The fourth-order valence-corrected chi connectivity index (χ4v) is 1.39. The molecule has 3 nitrogen and oxygen atoms in total. The molecule has 0 aliphatic heterocycles. The number of hydroxylamine groups is 1. The zero-order valence-electron chi connectivity index (χ0n) is 9.47. The molecule has 1 N–H and O–H groups in total. The van der Waals surface area contributed by atoms with Crippen LogP contribution in [0.25, 0.3) is 0 Å². The average Bonchev–Trinajstić information content (AvgIpc) is 2.17. The van der Waals surface area contributed by atoms with Gasteiger partial charge >= 0.3 is 5.97 Å². The Labute approximate surface area is 87.2 Å². The van der Waals surface area contributed by atoms with Gasteiger partial charge in [-0.15, -0.1) is 0 Å². The van der Waals surface area contributed by atoms with Gasteiger partial charge in [0.2, 0.25) is 0 Å². The SMILES string of the molecule is CCCCCCCCCC(=O)ONC. The van der Waals surface area contributed by atoms with Crippen LogP contribution in [0.4, 0.5) is 0 Å². The van der Waals surface area contributed by atoms with E-state index in [1.54, 1.807) is 7.05 Å². The molecular formula is C11H23NO2. The molecule has 0 heterocycles. The number of rotatable bonds is 9. The Morgan fingerprint density at radius 1 is 1.07 bits per heavy atom. The van der Waals surface area contributed by atoms with Gasteiger partial charge in [0.25, 0.3) is 0 Å². The van der Waals surface area contributed by atoms with Crippen molar-refractivity contribution >= 4 is 5.97 Å². The van der Waals surface area contributed by atoms with Gasteiger partial charge in [-0.05, 0) is 6.42 Å². The lowest BCUT2D eigenvalue weighted by Gasteiger charge is -2.01. The van der Waals surface area contributed by atoms with Gasteiger partial charge in [0.15, 0.2) is 0 Å². The Balaban J connectivity index is 3.01. The Bertz CT molecular complexity index is 137. The maximum Gasteiger partial charge on any atom is 0.324 e. The van der Waals surface area contributed by atoms with Crippen LogP contribution in [-0.4, -0.2) is 13.0 Å². The second kappa shape index (κ2) is 10.5. The van der Waals surface area contributed by atoms with Crippen LogP contribution < -0.4 is 5.48 Å². The van der Waals surface area contributed by atoms with E-state index >= 15 is 0 Å². The summed E-state index contributed by atoms with van der Waals surface area (Å²) in [6.45, 7) is 2.22. The predicted octanol–water partition coefficient (Wildman–Crippen LogP) is 2.80. The van der Waals surface area contributed by atoms with Gasteiger partial charge in [-0.3, -0.25) is 4.79 Å². The molecule has 0 atom stereocenters. The monoisotopic (exact) mass is 201 g/mol. The molecule has 0 bridgehead atoms. The highest BCUT2D eigenvalue weighted by atomic mass is 16.7. The molecular weight excluding hydrogens is 178 g/mol. The molecule has 84 valence electrons. The molecule has 0 aliphatic rings. The van der Waals surface area contributed by atoms with Crippen LogP contribution in [0.1, 0.15) is 58.3 Å². The van der Waals surface area contributed by atoms with Crippen LogP contribution in [0.5, 0.6) is 0 Å². The first-order valence-electron chi connectivity index (χ1n) is 5.67. The van der Waals surface area contributed by atoms with E-state index in [1.807, 2.05) is 0 Å². The second-order valence-electron chi connectivity index (χ2n) is 3.55. The number of nitrogens with one attached hydrogen (secondary N) is 1. The molecule has 0 saturated heterocycles. The maximum absolute atomic E-state index is 10.9. The van der Waals surface area contributed by atoms with Crippen molar-refractivity contribution < 1.29 is 9.63 Å². The van der Waals surface area contributed by atoms with Gasteiger partial charge in [0, 0.05) is 13.5 Å². The van der Waals surface area contributed by atoms with Crippen molar-refractivity contribution in [2.75, 3.05) is 7.05 Å². The van der Waals surface area contributed by atoms with Gasteiger partial charge in [-0.2, -0.15) is 5.48 Å². The van der Waals surface area contributed by atoms with Crippen molar-refractivity contribution in [1.82, 2.24) is 5.48 Å². The summed E-state index contributed by atoms with van der Waals surface area (Å²) in [5, 5.41) is 0. The molecule has 0 radical (unpaired) electrons. The molecule has 0 aromatic rings. The Kier molecular flexibility index (Phi) is 10.1. The molecule has 0 spiro atoms. The molecule has 14 heavy (non-hydrogen) atoms. The molecule has 0 rings (SSSR count). The van der Waals surface area contributed by atoms with E-state index < -0.39 is 0 Å². The van der Waals surface area contributed by atoms with Crippen molar-refractivity contribution in [3.63, 3.8) is 0 Å². The smallest absolute Gasteiger partial charge is 0.324 e. The Hall–Kier alpha value is -0.570. The second-order valence-corrected chi connectivity index (χ2v) is 3.55. The van der Waals surface area contributed by atoms with Gasteiger partial charge in [-0.25, -0.2) is 0 Å².